The van der Waals surface area contributed by atoms with Crippen LogP contribution in [0.2, 0.25) is 0 Å². The zero-order chi connectivity index (χ0) is 37.0. The van der Waals surface area contributed by atoms with Crippen LogP contribution in [0.1, 0.15) is 19.5 Å². The van der Waals surface area contributed by atoms with Crippen LogP contribution in [0.15, 0.2) is 176 Å². The summed E-state index contributed by atoms with van der Waals surface area (Å²) in [6.45, 7) is -2.93. The summed E-state index contributed by atoms with van der Waals surface area (Å²) in [5.74, 6) is -0.154. The second-order valence-corrected chi connectivity index (χ2v) is 12.3. The Morgan fingerprint density at radius 1 is 0.469 bits per heavy atom. The van der Waals surface area contributed by atoms with Gasteiger partial charge in [-0.15, -0.1) is 0 Å². The van der Waals surface area contributed by atoms with Crippen LogP contribution < -0.4 is 0 Å². The highest BCUT2D eigenvalue weighted by Gasteiger charge is 2.19. The molecule has 9 aromatic rings. The number of benzene rings is 8. The predicted octanol–water partition coefficient (Wildman–Crippen LogP) is 12.6. The van der Waals surface area contributed by atoms with E-state index in [1.54, 1.807) is 10.6 Å². The van der Waals surface area contributed by atoms with Crippen molar-refractivity contribution in [3.05, 3.63) is 182 Å². The maximum atomic E-state index is 8.74. The van der Waals surface area contributed by atoms with Gasteiger partial charge < -0.3 is 0 Å². The molecule has 232 valence electrons. The smallest absolute Gasteiger partial charge is 0.114 e. The first kappa shape index (κ1) is 24.0. The molecule has 2 heteroatoms. The standard InChI is InChI=1S/C47H34N2/c1-2-45-48-43-26-13-14-27-44(43)49(45)38-21-15-20-34(31-38)46-39-22-9-11-24-41(39)47(42-25-12-10-23-40(42)46)37-29-35(32-16-5-3-6-17-32)28-36(30-37)33-18-7-4-8-19-33/h3-31H,2H2,1H3/i1D3,2D2. The highest BCUT2D eigenvalue weighted by Crippen LogP contribution is 2.45. The lowest BCUT2D eigenvalue weighted by Crippen LogP contribution is -2.00. The van der Waals surface area contributed by atoms with E-state index in [0.29, 0.717) is 16.7 Å². The van der Waals surface area contributed by atoms with Crippen LogP contribution in [-0.2, 0) is 6.37 Å². The molecular formula is C47H34N2. The van der Waals surface area contributed by atoms with Gasteiger partial charge in [0.15, 0.2) is 0 Å². The van der Waals surface area contributed by atoms with E-state index in [0.717, 1.165) is 66.1 Å². The van der Waals surface area contributed by atoms with Crippen molar-refractivity contribution in [2.24, 2.45) is 0 Å². The lowest BCUT2D eigenvalue weighted by Gasteiger charge is -2.20. The first-order valence-electron chi connectivity index (χ1n) is 19.0. The van der Waals surface area contributed by atoms with Gasteiger partial charge in [-0.1, -0.05) is 140 Å². The minimum absolute atomic E-state index is 0.154. The summed E-state index contributed by atoms with van der Waals surface area (Å²) in [6, 6.07) is 60.1. The molecule has 2 nitrogen and oxygen atoms in total. The molecule has 0 spiro atoms. The van der Waals surface area contributed by atoms with Gasteiger partial charge in [0.25, 0.3) is 0 Å². The minimum atomic E-state index is -2.93. The molecule has 0 bridgehead atoms. The number of nitrogens with zero attached hydrogens (tertiary/aromatic N) is 2. The Morgan fingerprint density at radius 3 is 1.55 bits per heavy atom. The van der Waals surface area contributed by atoms with E-state index in [-0.39, 0.29) is 5.82 Å². The SMILES string of the molecule is [2H]C([2H])([2H])C([2H])([2H])c1nc2ccccc2n1-c1cccc(-c2c3ccccc3c(-c3cc(-c4ccccc4)cc(-c4ccccc4)c3)c3ccccc23)c1. The van der Waals surface area contributed by atoms with Gasteiger partial charge >= 0.3 is 0 Å². The Kier molecular flexibility index (Phi) is 5.91. The maximum absolute atomic E-state index is 8.74. The van der Waals surface area contributed by atoms with Crippen LogP contribution in [0, 0.1) is 0 Å². The van der Waals surface area contributed by atoms with Gasteiger partial charge in [0.1, 0.15) is 5.82 Å². The van der Waals surface area contributed by atoms with Crippen molar-refractivity contribution in [1.82, 2.24) is 9.55 Å². The number of aromatic nitrogens is 2. The third kappa shape index (κ3) is 5.01. The summed E-state index contributed by atoms with van der Waals surface area (Å²) in [7, 11) is 0. The van der Waals surface area contributed by atoms with Gasteiger partial charge in [0, 0.05) is 18.9 Å². The van der Waals surface area contributed by atoms with E-state index in [2.05, 4.69) is 126 Å². The summed E-state index contributed by atoms with van der Waals surface area (Å²) < 4.78 is 43.4. The van der Waals surface area contributed by atoms with Crippen LogP contribution in [0.5, 0.6) is 0 Å². The monoisotopic (exact) mass is 631 g/mol. The minimum Gasteiger partial charge on any atom is -0.296 e. The van der Waals surface area contributed by atoms with E-state index in [9.17, 15) is 0 Å². The van der Waals surface area contributed by atoms with E-state index in [4.69, 9.17) is 6.85 Å². The summed E-state index contributed by atoms with van der Waals surface area (Å²) in [5.41, 5.74) is 10.6. The van der Waals surface area contributed by atoms with Gasteiger partial charge in [-0.25, -0.2) is 4.98 Å². The topological polar surface area (TPSA) is 17.8 Å². The summed E-state index contributed by atoms with van der Waals surface area (Å²) in [6.07, 6.45) is -2.70. The van der Waals surface area contributed by atoms with E-state index in [1.165, 1.54) is 0 Å². The highest BCUT2D eigenvalue weighted by molar-refractivity contribution is 6.21. The Morgan fingerprint density at radius 2 is 0.959 bits per heavy atom. The molecule has 49 heavy (non-hydrogen) atoms. The molecule has 0 aliphatic carbocycles. The fourth-order valence-corrected chi connectivity index (χ4v) is 7.29. The average Bonchev–Trinajstić information content (AvgIpc) is 3.61. The Hall–Kier alpha value is -6.25. The highest BCUT2D eigenvalue weighted by atomic mass is 15.1. The van der Waals surface area contributed by atoms with Crippen LogP contribution in [0.3, 0.4) is 0 Å². The summed E-state index contributed by atoms with van der Waals surface area (Å²) in [4.78, 5) is 4.56. The lowest BCUT2D eigenvalue weighted by atomic mass is 9.84. The molecule has 8 aromatic carbocycles. The summed E-state index contributed by atoms with van der Waals surface area (Å²) >= 11 is 0. The second kappa shape index (κ2) is 12.1. The molecule has 0 atom stereocenters. The first-order valence-corrected chi connectivity index (χ1v) is 16.5. The predicted molar refractivity (Wildman–Crippen MR) is 207 cm³/mol. The molecule has 0 saturated heterocycles. The second-order valence-electron chi connectivity index (χ2n) is 12.3. The van der Waals surface area contributed by atoms with Crippen molar-refractivity contribution in [2.75, 3.05) is 0 Å². The van der Waals surface area contributed by atoms with Gasteiger partial charge in [-0.2, -0.15) is 0 Å². The molecule has 0 unspecified atom stereocenters. The number of rotatable bonds is 6. The van der Waals surface area contributed by atoms with E-state index >= 15 is 0 Å². The van der Waals surface area contributed by atoms with Crippen molar-refractivity contribution in [2.45, 2.75) is 13.2 Å². The van der Waals surface area contributed by atoms with Gasteiger partial charge in [-0.05, 0) is 109 Å². The average molecular weight is 632 g/mol. The normalized spacial score (nSPS) is 13.5. The zero-order valence-electron chi connectivity index (χ0n) is 31.6. The third-order valence-electron chi connectivity index (χ3n) is 9.43. The van der Waals surface area contributed by atoms with Crippen molar-refractivity contribution >= 4 is 32.6 Å². The molecular weight excluding hydrogens is 593 g/mol. The molecule has 0 aliphatic rings. The van der Waals surface area contributed by atoms with Gasteiger partial charge in [-0.3, -0.25) is 4.57 Å². The number of para-hydroxylation sites is 2. The van der Waals surface area contributed by atoms with Crippen molar-refractivity contribution in [3.8, 4) is 50.2 Å². The molecule has 0 saturated carbocycles. The van der Waals surface area contributed by atoms with E-state index in [1.807, 2.05) is 48.5 Å². The molecule has 9 rings (SSSR count). The number of aryl methyl sites for hydroxylation is 1. The Balaban J connectivity index is 1.31. The first-order chi connectivity index (χ1) is 26.2. The Labute approximate surface area is 293 Å². The lowest BCUT2D eigenvalue weighted by molar-refractivity contribution is 0.908. The maximum Gasteiger partial charge on any atom is 0.114 e. The largest absolute Gasteiger partial charge is 0.296 e. The van der Waals surface area contributed by atoms with Crippen LogP contribution >= 0.6 is 0 Å². The van der Waals surface area contributed by atoms with Gasteiger partial charge in [0.05, 0.1) is 11.0 Å². The number of hydrogen-bond acceptors (Lipinski definition) is 1. The van der Waals surface area contributed by atoms with Crippen LogP contribution in [0.25, 0.3) is 82.8 Å². The van der Waals surface area contributed by atoms with Crippen molar-refractivity contribution < 1.29 is 6.85 Å². The molecule has 0 radical (unpaired) electrons. The fourth-order valence-electron chi connectivity index (χ4n) is 7.29. The number of hydrogen-bond donors (Lipinski definition) is 0. The van der Waals surface area contributed by atoms with Gasteiger partial charge in [0.2, 0.25) is 0 Å². The molecule has 0 N–H and O–H groups in total. The van der Waals surface area contributed by atoms with E-state index < -0.39 is 13.2 Å². The molecule has 0 fully saturated rings. The quantitative estimate of drug-likeness (QED) is 0.167. The molecule has 1 heterocycles. The van der Waals surface area contributed by atoms with Crippen molar-refractivity contribution in [1.29, 1.82) is 0 Å². The fraction of sp³-hybridized carbons (Fsp3) is 0.0426. The third-order valence-corrected chi connectivity index (χ3v) is 9.43. The van der Waals surface area contributed by atoms with Crippen LogP contribution in [0.4, 0.5) is 0 Å². The Bertz CT molecular complexity index is 2730. The van der Waals surface area contributed by atoms with Crippen LogP contribution in [-0.4, -0.2) is 9.55 Å². The molecule has 0 amide bonds. The molecule has 1 aromatic heterocycles. The van der Waals surface area contributed by atoms with Crippen molar-refractivity contribution in [3.63, 3.8) is 0 Å². The number of imidazole rings is 1. The summed E-state index contributed by atoms with van der Waals surface area (Å²) in [5, 5.41) is 4.35. The number of fused-ring (bicyclic) bond motifs is 3. The zero-order valence-corrected chi connectivity index (χ0v) is 26.6. The molecule has 0 aliphatic heterocycles.